The first kappa shape index (κ1) is 15.6. The number of sulfonamides is 1. The van der Waals surface area contributed by atoms with Gasteiger partial charge in [-0.2, -0.15) is 9.82 Å². The van der Waals surface area contributed by atoms with Crippen LogP contribution in [0, 0.1) is 5.82 Å². The third-order valence-corrected chi connectivity index (χ3v) is 5.11. The SMILES string of the molecule is Cn1ccc(N2CCC(NS(=O)(=O)c3ccccc3F)C2=O)n1. The van der Waals surface area contributed by atoms with Crippen LogP contribution in [0.3, 0.4) is 0 Å². The molecule has 9 heteroatoms. The van der Waals surface area contributed by atoms with Crippen LogP contribution in [-0.4, -0.2) is 36.7 Å². The van der Waals surface area contributed by atoms with Crippen LogP contribution < -0.4 is 9.62 Å². The molecule has 0 spiro atoms. The lowest BCUT2D eigenvalue weighted by molar-refractivity contribution is -0.118. The summed E-state index contributed by atoms with van der Waals surface area (Å²) in [7, 11) is -2.38. The second-order valence-corrected chi connectivity index (χ2v) is 6.91. The predicted molar refractivity (Wildman–Crippen MR) is 80.7 cm³/mol. The number of anilines is 1. The number of aryl methyl sites for hydroxylation is 1. The van der Waals surface area contributed by atoms with E-state index in [4.69, 9.17) is 0 Å². The van der Waals surface area contributed by atoms with Gasteiger partial charge in [-0.1, -0.05) is 12.1 Å². The highest BCUT2D eigenvalue weighted by molar-refractivity contribution is 7.89. The molecule has 1 aliphatic rings. The minimum Gasteiger partial charge on any atom is -0.294 e. The fraction of sp³-hybridized carbons (Fsp3) is 0.286. The Kier molecular flexibility index (Phi) is 3.90. The molecule has 0 radical (unpaired) electrons. The van der Waals surface area contributed by atoms with Gasteiger partial charge < -0.3 is 0 Å². The minimum absolute atomic E-state index is 0.295. The van der Waals surface area contributed by atoms with Gasteiger partial charge in [-0.3, -0.25) is 14.4 Å². The largest absolute Gasteiger partial charge is 0.294 e. The highest BCUT2D eigenvalue weighted by Crippen LogP contribution is 2.21. The highest BCUT2D eigenvalue weighted by atomic mass is 32.2. The van der Waals surface area contributed by atoms with E-state index in [2.05, 4.69) is 9.82 Å². The molecule has 1 fully saturated rings. The Bertz CT molecular complexity index is 849. The van der Waals surface area contributed by atoms with Gasteiger partial charge in [0.2, 0.25) is 15.9 Å². The number of hydrogen-bond acceptors (Lipinski definition) is 4. The quantitative estimate of drug-likeness (QED) is 0.887. The van der Waals surface area contributed by atoms with Crippen LogP contribution in [0.2, 0.25) is 0 Å². The predicted octanol–water partition coefficient (Wildman–Crippen LogP) is 0.643. The number of carbonyl (C=O) groups excluding carboxylic acids is 1. The van der Waals surface area contributed by atoms with Gasteiger partial charge in [0.15, 0.2) is 5.82 Å². The standard InChI is InChI=1S/C14H15FN4O3S/c1-18-8-7-13(16-18)19-9-6-11(14(19)20)17-23(21,22)12-5-3-2-4-10(12)15/h2-5,7-8,11,17H,6,9H2,1H3. The molecule has 1 atom stereocenters. The Morgan fingerprint density at radius 2 is 2.04 bits per heavy atom. The maximum absolute atomic E-state index is 13.7. The number of nitrogens with zero attached hydrogens (tertiary/aromatic N) is 3. The van der Waals surface area contributed by atoms with Crippen molar-refractivity contribution >= 4 is 21.7 Å². The molecule has 1 aromatic carbocycles. The van der Waals surface area contributed by atoms with Crippen molar-refractivity contribution in [1.82, 2.24) is 14.5 Å². The molecule has 2 heterocycles. The molecule has 1 N–H and O–H groups in total. The van der Waals surface area contributed by atoms with Crippen LogP contribution in [-0.2, 0) is 21.9 Å². The van der Waals surface area contributed by atoms with Crippen molar-refractivity contribution in [3.05, 3.63) is 42.3 Å². The van der Waals surface area contributed by atoms with Gasteiger partial charge in [-0.25, -0.2) is 12.8 Å². The summed E-state index contributed by atoms with van der Waals surface area (Å²) >= 11 is 0. The van der Waals surface area contributed by atoms with E-state index in [0.717, 1.165) is 12.1 Å². The van der Waals surface area contributed by atoms with Crippen LogP contribution in [0.15, 0.2) is 41.4 Å². The topological polar surface area (TPSA) is 84.3 Å². The molecule has 1 aliphatic heterocycles. The molecule has 1 amide bonds. The van der Waals surface area contributed by atoms with Crippen molar-refractivity contribution < 1.29 is 17.6 Å². The summed E-state index contributed by atoms with van der Waals surface area (Å²) in [6, 6.07) is 5.79. The van der Waals surface area contributed by atoms with Crippen molar-refractivity contribution in [3.63, 3.8) is 0 Å². The van der Waals surface area contributed by atoms with Gasteiger partial charge in [0, 0.05) is 25.9 Å². The van der Waals surface area contributed by atoms with Crippen molar-refractivity contribution in [2.45, 2.75) is 17.4 Å². The molecular weight excluding hydrogens is 323 g/mol. The molecule has 2 aromatic rings. The molecule has 0 saturated carbocycles. The second kappa shape index (κ2) is 5.74. The maximum Gasteiger partial charge on any atom is 0.246 e. The van der Waals surface area contributed by atoms with E-state index < -0.39 is 32.7 Å². The number of hydrogen-bond donors (Lipinski definition) is 1. The number of halogens is 1. The first-order valence-corrected chi connectivity index (χ1v) is 8.45. The number of rotatable bonds is 4. The summed E-state index contributed by atoms with van der Waals surface area (Å²) < 4.78 is 42.0. The monoisotopic (exact) mass is 338 g/mol. The Morgan fingerprint density at radius 3 is 2.70 bits per heavy atom. The lowest BCUT2D eigenvalue weighted by Crippen LogP contribution is -2.41. The number of aromatic nitrogens is 2. The van der Waals surface area contributed by atoms with Gasteiger partial charge in [-0.05, 0) is 18.6 Å². The molecule has 1 unspecified atom stereocenters. The van der Waals surface area contributed by atoms with Crippen LogP contribution in [0.5, 0.6) is 0 Å². The molecule has 3 rings (SSSR count). The molecule has 0 bridgehead atoms. The van der Waals surface area contributed by atoms with E-state index in [1.165, 1.54) is 17.0 Å². The zero-order valence-electron chi connectivity index (χ0n) is 12.3. The zero-order chi connectivity index (χ0) is 16.6. The van der Waals surface area contributed by atoms with Crippen LogP contribution in [0.25, 0.3) is 0 Å². The lowest BCUT2D eigenvalue weighted by Gasteiger charge is -2.15. The van der Waals surface area contributed by atoms with E-state index in [0.29, 0.717) is 18.8 Å². The van der Waals surface area contributed by atoms with E-state index in [1.54, 1.807) is 24.0 Å². The average molecular weight is 338 g/mol. The average Bonchev–Trinajstić information content (AvgIpc) is 3.06. The minimum atomic E-state index is -4.11. The van der Waals surface area contributed by atoms with E-state index >= 15 is 0 Å². The number of benzene rings is 1. The van der Waals surface area contributed by atoms with Gasteiger partial charge in [0.1, 0.15) is 16.8 Å². The highest BCUT2D eigenvalue weighted by Gasteiger charge is 2.37. The number of carbonyl (C=O) groups is 1. The van der Waals surface area contributed by atoms with E-state index in [1.807, 2.05) is 0 Å². The molecule has 7 nitrogen and oxygen atoms in total. The lowest BCUT2D eigenvalue weighted by atomic mass is 10.3. The van der Waals surface area contributed by atoms with Gasteiger partial charge in [0.25, 0.3) is 0 Å². The Balaban J connectivity index is 1.79. The Labute approximate surface area is 132 Å². The van der Waals surface area contributed by atoms with Crippen LogP contribution in [0.1, 0.15) is 6.42 Å². The van der Waals surface area contributed by atoms with Crippen molar-refractivity contribution in [1.29, 1.82) is 0 Å². The third-order valence-electron chi connectivity index (χ3n) is 3.61. The van der Waals surface area contributed by atoms with Crippen molar-refractivity contribution in [2.24, 2.45) is 7.05 Å². The zero-order valence-corrected chi connectivity index (χ0v) is 13.1. The number of amides is 1. The summed E-state index contributed by atoms with van der Waals surface area (Å²) in [5, 5.41) is 4.13. The second-order valence-electron chi connectivity index (χ2n) is 5.23. The first-order valence-electron chi connectivity index (χ1n) is 6.96. The maximum atomic E-state index is 13.7. The van der Waals surface area contributed by atoms with Crippen molar-refractivity contribution in [2.75, 3.05) is 11.4 Å². The van der Waals surface area contributed by atoms with Gasteiger partial charge in [0.05, 0.1) is 0 Å². The Hall–Kier alpha value is -2.26. The normalized spacial score (nSPS) is 18.6. The summed E-state index contributed by atoms with van der Waals surface area (Å²) in [6.45, 7) is 0.348. The van der Waals surface area contributed by atoms with E-state index in [9.17, 15) is 17.6 Å². The molecular formula is C14H15FN4O3S. The van der Waals surface area contributed by atoms with Gasteiger partial charge in [-0.15, -0.1) is 0 Å². The Morgan fingerprint density at radius 1 is 1.30 bits per heavy atom. The summed E-state index contributed by atoms with van der Waals surface area (Å²) in [5.41, 5.74) is 0. The summed E-state index contributed by atoms with van der Waals surface area (Å²) in [5.74, 6) is -0.791. The van der Waals surface area contributed by atoms with Crippen LogP contribution >= 0.6 is 0 Å². The molecule has 1 aromatic heterocycles. The summed E-state index contributed by atoms with van der Waals surface area (Å²) in [4.78, 5) is 13.3. The molecule has 1 saturated heterocycles. The van der Waals surface area contributed by atoms with Crippen molar-refractivity contribution in [3.8, 4) is 0 Å². The molecule has 0 aliphatic carbocycles. The third kappa shape index (κ3) is 2.97. The molecule has 122 valence electrons. The smallest absolute Gasteiger partial charge is 0.246 e. The summed E-state index contributed by atoms with van der Waals surface area (Å²) in [6.07, 6.45) is 1.99. The molecule has 23 heavy (non-hydrogen) atoms. The van der Waals surface area contributed by atoms with Crippen LogP contribution in [0.4, 0.5) is 10.2 Å². The fourth-order valence-electron chi connectivity index (χ4n) is 2.48. The number of nitrogens with one attached hydrogen (secondary N) is 1. The first-order chi connectivity index (χ1) is 10.9. The van der Waals surface area contributed by atoms with E-state index in [-0.39, 0.29) is 0 Å². The van der Waals surface area contributed by atoms with Gasteiger partial charge >= 0.3 is 0 Å². The fourth-order valence-corrected chi connectivity index (χ4v) is 3.78.